The highest BCUT2D eigenvalue weighted by atomic mass is 35.5. The first-order chi connectivity index (χ1) is 14.7. The second-order valence-electron chi connectivity index (χ2n) is 7.60. The van der Waals surface area contributed by atoms with Gasteiger partial charge < -0.3 is 10.2 Å². The van der Waals surface area contributed by atoms with Crippen molar-refractivity contribution in [2.24, 2.45) is 0 Å². The first-order valence-electron chi connectivity index (χ1n) is 10.3. The van der Waals surface area contributed by atoms with E-state index >= 15 is 0 Å². The lowest BCUT2D eigenvalue weighted by atomic mass is 10.1. The summed E-state index contributed by atoms with van der Waals surface area (Å²) in [6, 6.07) is 26.0. The minimum absolute atomic E-state index is 0.0621. The molecule has 1 aliphatic rings. The van der Waals surface area contributed by atoms with E-state index in [0.717, 1.165) is 38.3 Å². The lowest BCUT2D eigenvalue weighted by Gasteiger charge is -2.36. The predicted molar refractivity (Wildman–Crippen MR) is 123 cm³/mol. The molecule has 5 heteroatoms. The lowest BCUT2D eigenvalue weighted by molar-refractivity contribution is 0.0951. The summed E-state index contributed by atoms with van der Waals surface area (Å²) in [4.78, 5) is 17.3. The van der Waals surface area contributed by atoms with Crippen LogP contribution in [0.5, 0.6) is 0 Å². The van der Waals surface area contributed by atoms with Crippen LogP contribution in [0.1, 0.15) is 21.5 Å². The van der Waals surface area contributed by atoms with Gasteiger partial charge in [0.1, 0.15) is 0 Å². The van der Waals surface area contributed by atoms with Crippen LogP contribution < -0.4 is 10.2 Å². The van der Waals surface area contributed by atoms with Gasteiger partial charge in [0.05, 0.1) is 0 Å². The van der Waals surface area contributed by atoms with Gasteiger partial charge in [0.2, 0.25) is 0 Å². The second-order valence-corrected chi connectivity index (χ2v) is 8.04. The smallest absolute Gasteiger partial charge is 0.251 e. The molecule has 1 saturated heterocycles. The van der Waals surface area contributed by atoms with E-state index in [1.807, 2.05) is 36.4 Å². The van der Waals surface area contributed by atoms with Crippen molar-refractivity contribution in [3.8, 4) is 0 Å². The Hall–Kier alpha value is -2.82. The Labute approximate surface area is 183 Å². The maximum absolute atomic E-state index is 12.4. The number of piperazine rings is 1. The van der Waals surface area contributed by atoms with Crippen LogP contribution in [0.4, 0.5) is 5.69 Å². The zero-order chi connectivity index (χ0) is 20.8. The van der Waals surface area contributed by atoms with Crippen LogP contribution in [0.3, 0.4) is 0 Å². The number of hydrogen-bond donors (Lipinski definition) is 1. The maximum Gasteiger partial charge on any atom is 0.251 e. The van der Waals surface area contributed by atoms with Gasteiger partial charge in [-0.1, -0.05) is 54.1 Å². The molecule has 30 heavy (non-hydrogen) atoms. The lowest BCUT2D eigenvalue weighted by Crippen LogP contribution is -2.45. The molecule has 3 aromatic rings. The highest BCUT2D eigenvalue weighted by Crippen LogP contribution is 2.17. The average molecular weight is 420 g/mol. The molecule has 1 amide bonds. The van der Waals surface area contributed by atoms with E-state index in [0.29, 0.717) is 17.1 Å². The summed E-state index contributed by atoms with van der Waals surface area (Å²) in [5.41, 5.74) is 4.24. The number of carbonyl (C=O) groups is 1. The highest BCUT2D eigenvalue weighted by Gasteiger charge is 2.17. The largest absolute Gasteiger partial charge is 0.369 e. The third-order valence-electron chi connectivity index (χ3n) is 5.48. The monoisotopic (exact) mass is 419 g/mol. The molecule has 1 aliphatic heterocycles. The fourth-order valence-corrected chi connectivity index (χ4v) is 3.84. The fraction of sp³-hybridized carbons (Fsp3) is 0.240. The van der Waals surface area contributed by atoms with E-state index in [2.05, 4.69) is 57.6 Å². The van der Waals surface area contributed by atoms with Crippen LogP contribution in [0.25, 0.3) is 0 Å². The Bertz CT molecular complexity index is 950. The molecular formula is C25H26ClN3O. The number of anilines is 1. The SMILES string of the molecule is O=C(NCc1ccc(Cl)cc1)c1ccc(CN2CCN(c3ccccc3)CC2)cc1. The summed E-state index contributed by atoms with van der Waals surface area (Å²) in [5, 5.41) is 3.65. The number of hydrogen-bond acceptors (Lipinski definition) is 3. The Morgan fingerprint density at radius 1 is 0.800 bits per heavy atom. The van der Waals surface area contributed by atoms with Gasteiger partial charge in [0, 0.05) is 55.5 Å². The molecule has 1 N–H and O–H groups in total. The summed E-state index contributed by atoms with van der Waals surface area (Å²) in [5.74, 6) is -0.0621. The van der Waals surface area contributed by atoms with Gasteiger partial charge in [-0.15, -0.1) is 0 Å². The highest BCUT2D eigenvalue weighted by molar-refractivity contribution is 6.30. The molecule has 4 nitrogen and oxygen atoms in total. The van der Waals surface area contributed by atoms with Crippen LogP contribution in [0.2, 0.25) is 5.02 Å². The summed E-state index contributed by atoms with van der Waals surface area (Å²) in [6.07, 6.45) is 0. The van der Waals surface area contributed by atoms with Crippen LogP contribution in [0.15, 0.2) is 78.9 Å². The average Bonchev–Trinajstić information content (AvgIpc) is 2.80. The van der Waals surface area contributed by atoms with Gasteiger partial charge in [0.25, 0.3) is 5.91 Å². The van der Waals surface area contributed by atoms with Crippen molar-refractivity contribution in [3.63, 3.8) is 0 Å². The molecular weight excluding hydrogens is 394 g/mol. The molecule has 0 atom stereocenters. The Kier molecular flexibility index (Phi) is 6.67. The second kappa shape index (κ2) is 9.79. The number of halogens is 1. The zero-order valence-electron chi connectivity index (χ0n) is 16.9. The van der Waals surface area contributed by atoms with Gasteiger partial charge in [0.15, 0.2) is 0 Å². The molecule has 0 bridgehead atoms. The number of benzene rings is 3. The number of amides is 1. The minimum Gasteiger partial charge on any atom is -0.369 e. The van der Waals surface area contributed by atoms with Crippen LogP contribution >= 0.6 is 11.6 Å². The van der Waals surface area contributed by atoms with Crippen molar-refractivity contribution in [2.45, 2.75) is 13.1 Å². The molecule has 3 aromatic carbocycles. The summed E-state index contributed by atoms with van der Waals surface area (Å²) >= 11 is 5.90. The van der Waals surface area contributed by atoms with Crippen molar-refractivity contribution in [2.75, 3.05) is 31.1 Å². The van der Waals surface area contributed by atoms with Crippen LogP contribution in [-0.4, -0.2) is 37.0 Å². The fourth-order valence-electron chi connectivity index (χ4n) is 3.71. The van der Waals surface area contributed by atoms with Gasteiger partial charge >= 0.3 is 0 Å². The first kappa shape index (κ1) is 20.5. The van der Waals surface area contributed by atoms with E-state index in [1.165, 1.54) is 11.3 Å². The molecule has 154 valence electrons. The van der Waals surface area contributed by atoms with E-state index < -0.39 is 0 Å². The van der Waals surface area contributed by atoms with Crippen molar-refractivity contribution >= 4 is 23.2 Å². The van der Waals surface area contributed by atoms with Crippen molar-refractivity contribution < 1.29 is 4.79 Å². The number of nitrogens with one attached hydrogen (secondary N) is 1. The summed E-state index contributed by atoms with van der Waals surface area (Å²) in [7, 11) is 0. The number of rotatable bonds is 6. The van der Waals surface area contributed by atoms with Crippen LogP contribution in [-0.2, 0) is 13.1 Å². The molecule has 0 aromatic heterocycles. The molecule has 0 radical (unpaired) electrons. The maximum atomic E-state index is 12.4. The minimum atomic E-state index is -0.0621. The third-order valence-corrected chi connectivity index (χ3v) is 5.73. The van der Waals surface area contributed by atoms with Gasteiger partial charge in [-0.3, -0.25) is 9.69 Å². The molecule has 4 rings (SSSR count). The van der Waals surface area contributed by atoms with Gasteiger partial charge in [-0.25, -0.2) is 0 Å². The zero-order valence-corrected chi connectivity index (χ0v) is 17.7. The third kappa shape index (κ3) is 5.41. The normalized spacial score (nSPS) is 14.5. The van der Waals surface area contributed by atoms with Crippen molar-refractivity contribution in [1.82, 2.24) is 10.2 Å². The van der Waals surface area contributed by atoms with Crippen LogP contribution in [0, 0.1) is 0 Å². The van der Waals surface area contributed by atoms with E-state index in [4.69, 9.17) is 11.6 Å². The molecule has 0 unspecified atom stereocenters. The number of para-hydroxylation sites is 1. The molecule has 0 aliphatic carbocycles. The summed E-state index contributed by atoms with van der Waals surface area (Å²) < 4.78 is 0. The van der Waals surface area contributed by atoms with Gasteiger partial charge in [-0.2, -0.15) is 0 Å². The Balaban J connectivity index is 1.25. The predicted octanol–water partition coefficient (Wildman–Crippen LogP) is 4.59. The Morgan fingerprint density at radius 2 is 1.43 bits per heavy atom. The topological polar surface area (TPSA) is 35.6 Å². The van der Waals surface area contributed by atoms with E-state index in [-0.39, 0.29) is 5.91 Å². The number of carbonyl (C=O) groups excluding carboxylic acids is 1. The van der Waals surface area contributed by atoms with Crippen molar-refractivity contribution in [1.29, 1.82) is 0 Å². The molecule has 0 saturated carbocycles. The standard InChI is InChI=1S/C25H26ClN3O/c26-23-12-8-20(9-13-23)18-27-25(30)22-10-6-21(7-11-22)19-28-14-16-29(17-15-28)24-4-2-1-3-5-24/h1-13H,14-19H2,(H,27,30). The Morgan fingerprint density at radius 3 is 2.10 bits per heavy atom. The number of nitrogens with zero attached hydrogens (tertiary/aromatic N) is 2. The first-order valence-corrected chi connectivity index (χ1v) is 10.7. The van der Waals surface area contributed by atoms with Gasteiger partial charge in [-0.05, 0) is 47.5 Å². The van der Waals surface area contributed by atoms with Crippen molar-refractivity contribution in [3.05, 3.63) is 101 Å². The van der Waals surface area contributed by atoms with E-state index in [1.54, 1.807) is 0 Å². The van der Waals surface area contributed by atoms with E-state index in [9.17, 15) is 4.79 Å². The summed E-state index contributed by atoms with van der Waals surface area (Å²) in [6.45, 7) is 5.56. The molecule has 1 fully saturated rings. The quantitative estimate of drug-likeness (QED) is 0.634. The molecule has 1 heterocycles. The molecule has 0 spiro atoms.